The van der Waals surface area contributed by atoms with Crippen LogP contribution in [0, 0.1) is 0 Å². The van der Waals surface area contributed by atoms with Crippen molar-refractivity contribution in [2.45, 2.75) is 38.1 Å². The Balaban J connectivity index is 1.25. The van der Waals surface area contributed by atoms with Gasteiger partial charge in [0.2, 0.25) is 5.91 Å². The second-order valence-electron chi connectivity index (χ2n) is 9.15. The minimum atomic E-state index is -0.198. The molecule has 35 heavy (non-hydrogen) atoms. The maximum absolute atomic E-state index is 13.2. The molecule has 2 atom stereocenters. The zero-order chi connectivity index (χ0) is 24.0. The molecule has 1 amide bonds. The highest BCUT2D eigenvalue weighted by Crippen LogP contribution is 2.23. The summed E-state index contributed by atoms with van der Waals surface area (Å²) in [5, 5.41) is 10.0. The molecule has 0 aliphatic carbocycles. The van der Waals surface area contributed by atoms with Gasteiger partial charge >= 0.3 is 0 Å². The van der Waals surface area contributed by atoms with E-state index in [1.54, 1.807) is 12.4 Å². The highest BCUT2D eigenvalue weighted by atomic mass is 35.5. The van der Waals surface area contributed by atoms with Crippen molar-refractivity contribution in [3.05, 3.63) is 113 Å². The maximum Gasteiger partial charge on any atom is 0.237 e. The lowest BCUT2D eigenvalue weighted by molar-refractivity contribution is -0.125. The van der Waals surface area contributed by atoms with Crippen LogP contribution in [0.4, 0.5) is 0 Å². The third-order valence-electron chi connectivity index (χ3n) is 6.60. The van der Waals surface area contributed by atoms with Crippen molar-refractivity contribution < 1.29 is 4.79 Å². The number of benzene rings is 3. The number of nitrogens with one attached hydrogen (secondary N) is 2. The number of rotatable bonds is 8. The van der Waals surface area contributed by atoms with Gasteiger partial charge in [0, 0.05) is 49.6 Å². The van der Waals surface area contributed by atoms with Gasteiger partial charge in [-0.1, -0.05) is 66.2 Å². The van der Waals surface area contributed by atoms with Gasteiger partial charge in [-0.25, -0.2) is 0 Å². The van der Waals surface area contributed by atoms with Gasteiger partial charge < -0.3 is 10.6 Å². The Kier molecular flexibility index (Phi) is 7.38. The molecule has 0 spiro atoms. The van der Waals surface area contributed by atoms with Crippen molar-refractivity contribution >= 4 is 28.3 Å². The molecular formula is C29H29ClN4O. The number of amides is 1. The summed E-state index contributed by atoms with van der Waals surface area (Å²) < 4.78 is 0. The standard InChI is InChI=1S/C29H29ClN4O/c30-26-11-8-21(9-12-26)19-34-20-27(15-28(34)29(35)33-18-23-4-3-13-31-16-23)32-17-22-7-10-24-5-1-2-6-25(24)14-22/h1-14,16,27-28,32H,15,17-20H2,(H,33,35)/t27-,28-/m0/s1. The zero-order valence-corrected chi connectivity index (χ0v) is 20.3. The topological polar surface area (TPSA) is 57.3 Å². The van der Waals surface area contributed by atoms with E-state index in [9.17, 15) is 4.79 Å². The number of carbonyl (C=O) groups is 1. The molecule has 6 heteroatoms. The van der Waals surface area contributed by atoms with Crippen LogP contribution in [-0.4, -0.2) is 34.4 Å². The van der Waals surface area contributed by atoms with E-state index < -0.39 is 0 Å². The van der Waals surface area contributed by atoms with Crippen molar-refractivity contribution in [1.29, 1.82) is 0 Å². The average Bonchev–Trinajstić information content (AvgIpc) is 3.30. The summed E-state index contributed by atoms with van der Waals surface area (Å²) in [6.07, 6.45) is 4.29. The number of nitrogens with zero attached hydrogens (tertiary/aromatic N) is 2. The number of pyridine rings is 1. The lowest BCUT2D eigenvalue weighted by atomic mass is 10.1. The van der Waals surface area contributed by atoms with Crippen LogP contribution in [0.25, 0.3) is 10.8 Å². The summed E-state index contributed by atoms with van der Waals surface area (Å²) >= 11 is 6.07. The molecule has 0 bridgehead atoms. The zero-order valence-electron chi connectivity index (χ0n) is 19.5. The minimum absolute atomic E-state index is 0.0535. The van der Waals surface area contributed by atoms with Gasteiger partial charge in [0.05, 0.1) is 6.04 Å². The predicted octanol–water partition coefficient (Wildman–Crippen LogP) is 4.94. The monoisotopic (exact) mass is 484 g/mol. The van der Waals surface area contributed by atoms with E-state index in [4.69, 9.17) is 11.6 Å². The van der Waals surface area contributed by atoms with Crippen LogP contribution in [-0.2, 0) is 24.4 Å². The van der Waals surface area contributed by atoms with Gasteiger partial charge in [-0.2, -0.15) is 0 Å². The summed E-state index contributed by atoms with van der Waals surface area (Å²) in [6, 6.07) is 26.7. The van der Waals surface area contributed by atoms with Crippen molar-refractivity contribution in [2.75, 3.05) is 6.54 Å². The smallest absolute Gasteiger partial charge is 0.237 e. The summed E-state index contributed by atoms with van der Waals surface area (Å²) in [5.41, 5.74) is 3.39. The van der Waals surface area contributed by atoms with Crippen LogP contribution in [0.3, 0.4) is 0 Å². The van der Waals surface area contributed by atoms with E-state index in [1.165, 1.54) is 16.3 Å². The molecule has 5 rings (SSSR count). The van der Waals surface area contributed by atoms with Crippen molar-refractivity contribution in [1.82, 2.24) is 20.5 Å². The molecule has 178 valence electrons. The Morgan fingerprint density at radius 1 is 0.914 bits per heavy atom. The SMILES string of the molecule is O=C(NCc1cccnc1)[C@@H]1C[C@H](NCc2ccc3ccccc3c2)CN1Cc1ccc(Cl)cc1. The molecule has 1 aliphatic heterocycles. The van der Waals surface area contributed by atoms with Gasteiger partial charge in [0.1, 0.15) is 0 Å². The number of halogens is 1. The number of aromatic nitrogens is 1. The molecule has 2 N–H and O–H groups in total. The molecule has 1 aliphatic rings. The summed E-state index contributed by atoms with van der Waals surface area (Å²) in [7, 11) is 0. The van der Waals surface area contributed by atoms with Gasteiger partial charge in [0.25, 0.3) is 0 Å². The number of hydrogen-bond donors (Lipinski definition) is 2. The minimum Gasteiger partial charge on any atom is -0.351 e. The quantitative estimate of drug-likeness (QED) is 0.372. The van der Waals surface area contributed by atoms with Gasteiger partial charge in [0.15, 0.2) is 0 Å². The van der Waals surface area contributed by atoms with E-state index >= 15 is 0 Å². The first-order valence-corrected chi connectivity index (χ1v) is 12.4. The van der Waals surface area contributed by atoms with E-state index in [-0.39, 0.29) is 18.0 Å². The lowest BCUT2D eigenvalue weighted by Gasteiger charge is -2.23. The second-order valence-corrected chi connectivity index (χ2v) is 9.58. The Morgan fingerprint density at radius 2 is 1.71 bits per heavy atom. The fraction of sp³-hybridized carbons (Fsp3) is 0.241. The number of fused-ring (bicyclic) bond motifs is 1. The van der Waals surface area contributed by atoms with E-state index in [0.29, 0.717) is 13.1 Å². The first-order chi connectivity index (χ1) is 17.1. The van der Waals surface area contributed by atoms with Crippen LogP contribution >= 0.6 is 11.6 Å². The molecular weight excluding hydrogens is 456 g/mol. The normalized spacial score (nSPS) is 18.1. The Morgan fingerprint density at radius 3 is 2.51 bits per heavy atom. The van der Waals surface area contributed by atoms with Crippen molar-refractivity contribution in [2.24, 2.45) is 0 Å². The maximum atomic E-state index is 13.2. The van der Waals surface area contributed by atoms with Crippen LogP contribution in [0.1, 0.15) is 23.1 Å². The number of carbonyl (C=O) groups excluding carboxylic acids is 1. The molecule has 5 nitrogen and oxygen atoms in total. The molecule has 0 unspecified atom stereocenters. The van der Waals surface area contributed by atoms with Crippen LogP contribution in [0.2, 0.25) is 5.02 Å². The molecule has 4 aromatic rings. The highest BCUT2D eigenvalue weighted by molar-refractivity contribution is 6.30. The first-order valence-electron chi connectivity index (χ1n) is 12.0. The van der Waals surface area contributed by atoms with Gasteiger partial charge in [-0.05, 0) is 58.1 Å². The second kappa shape index (κ2) is 11.0. The van der Waals surface area contributed by atoms with Crippen molar-refractivity contribution in [3.63, 3.8) is 0 Å². The predicted molar refractivity (Wildman–Crippen MR) is 141 cm³/mol. The number of likely N-dealkylation sites (tertiary alicyclic amines) is 1. The highest BCUT2D eigenvalue weighted by Gasteiger charge is 2.36. The average molecular weight is 485 g/mol. The lowest BCUT2D eigenvalue weighted by Crippen LogP contribution is -2.42. The fourth-order valence-corrected chi connectivity index (χ4v) is 4.87. The van der Waals surface area contributed by atoms with Crippen LogP contribution < -0.4 is 10.6 Å². The summed E-state index contributed by atoms with van der Waals surface area (Å²) in [5.74, 6) is 0.0535. The van der Waals surface area contributed by atoms with Gasteiger partial charge in [-0.15, -0.1) is 0 Å². The fourth-order valence-electron chi connectivity index (χ4n) is 4.74. The Labute approximate surface area is 211 Å². The molecule has 0 saturated carbocycles. The Bertz CT molecular complexity index is 1280. The molecule has 3 aromatic carbocycles. The Hall–Kier alpha value is -3.25. The van der Waals surface area contributed by atoms with Crippen molar-refractivity contribution in [3.8, 4) is 0 Å². The molecule has 1 aromatic heterocycles. The largest absolute Gasteiger partial charge is 0.351 e. The van der Waals surface area contributed by atoms with E-state index in [0.717, 1.165) is 35.7 Å². The van der Waals surface area contributed by atoms with E-state index in [1.807, 2.05) is 36.4 Å². The first kappa shape index (κ1) is 23.5. The van der Waals surface area contributed by atoms with Crippen LogP contribution in [0.15, 0.2) is 91.3 Å². The third-order valence-corrected chi connectivity index (χ3v) is 6.86. The molecule has 1 fully saturated rings. The summed E-state index contributed by atoms with van der Waals surface area (Å²) in [4.78, 5) is 19.6. The molecule has 1 saturated heterocycles. The molecule has 2 heterocycles. The van der Waals surface area contributed by atoms with E-state index in [2.05, 4.69) is 63.0 Å². The third kappa shape index (κ3) is 6.06. The van der Waals surface area contributed by atoms with Gasteiger partial charge in [-0.3, -0.25) is 14.7 Å². The number of hydrogen-bond acceptors (Lipinski definition) is 4. The van der Waals surface area contributed by atoms with Crippen LogP contribution in [0.5, 0.6) is 0 Å². The molecule has 0 radical (unpaired) electrons. The summed E-state index contributed by atoms with van der Waals surface area (Å²) in [6.45, 7) is 2.76.